The van der Waals surface area contributed by atoms with E-state index in [2.05, 4.69) is 57.9 Å². The van der Waals surface area contributed by atoms with E-state index < -0.39 is 11.6 Å². The topological polar surface area (TPSA) is 64.0 Å². The van der Waals surface area contributed by atoms with Crippen LogP contribution in [-0.2, 0) is 21.5 Å². The quantitative estimate of drug-likeness (QED) is 0.216. The van der Waals surface area contributed by atoms with Crippen LogP contribution in [0.2, 0.25) is 0 Å². The summed E-state index contributed by atoms with van der Waals surface area (Å²) in [5, 5.41) is 2.62. The Labute approximate surface area is 211 Å². The first-order valence-electron chi connectivity index (χ1n) is 11.5. The van der Waals surface area contributed by atoms with Gasteiger partial charge < -0.3 is 14.7 Å². The first-order chi connectivity index (χ1) is 17.1. The predicted molar refractivity (Wildman–Crippen MR) is 141 cm³/mol. The van der Waals surface area contributed by atoms with Crippen molar-refractivity contribution in [2.75, 3.05) is 5.88 Å². The number of halogens is 1. The molecule has 3 rings (SSSR count). The zero-order valence-corrected chi connectivity index (χ0v) is 20.6. The lowest BCUT2D eigenvalue weighted by Gasteiger charge is -2.38. The highest BCUT2D eigenvalue weighted by molar-refractivity contribution is 6.27. The van der Waals surface area contributed by atoms with E-state index in [1.54, 1.807) is 6.08 Å². The highest BCUT2D eigenvalue weighted by Gasteiger charge is 2.38. The molecule has 3 aromatic rings. The minimum absolute atomic E-state index is 0.181. The molecule has 6 heteroatoms. The maximum atomic E-state index is 11.6. The number of benzene rings is 2. The maximum absolute atomic E-state index is 11.6. The smallest absolute Gasteiger partial charge is 0.235 e. The Kier molecular flexibility index (Phi) is 9.39. The van der Waals surface area contributed by atoms with Crippen LogP contribution in [0.15, 0.2) is 110 Å². The molecule has 35 heavy (non-hydrogen) atoms. The van der Waals surface area contributed by atoms with Gasteiger partial charge in [0.05, 0.1) is 18.1 Å². The molecule has 1 unspecified atom stereocenters. The molecule has 0 aliphatic carbocycles. The Hall–Kier alpha value is -3.70. The maximum Gasteiger partial charge on any atom is 0.235 e. The van der Waals surface area contributed by atoms with Crippen LogP contribution >= 0.6 is 11.6 Å². The van der Waals surface area contributed by atoms with E-state index >= 15 is 0 Å². The molecule has 0 radical (unpaired) electrons. The number of rotatable bonds is 12. The van der Waals surface area contributed by atoms with E-state index in [-0.39, 0.29) is 11.8 Å². The molecule has 0 fully saturated rings. The molecule has 0 aliphatic heterocycles. The van der Waals surface area contributed by atoms with Gasteiger partial charge in [-0.05, 0) is 36.5 Å². The molecule has 1 heterocycles. The highest BCUT2D eigenvalue weighted by atomic mass is 35.5. The average Bonchev–Trinajstić information content (AvgIpc) is 3.39. The number of aldehydes is 1. The third-order valence-electron chi connectivity index (χ3n) is 5.89. The van der Waals surface area contributed by atoms with Gasteiger partial charge in [0.15, 0.2) is 0 Å². The summed E-state index contributed by atoms with van der Waals surface area (Å²) in [5.41, 5.74) is 3.35. The van der Waals surface area contributed by atoms with Crippen molar-refractivity contribution in [2.45, 2.75) is 31.3 Å². The van der Waals surface area contributed by atoms with Gasteiger partial charge in [0.1, 0.15) is 17.7 Å². The molecule has 1 amide bonds. The summed E-state index contributed by atoms with van der Waals surface area (Å²) in [4.78, 5) is 27.7. The monoisotopic (exact) mass is 487 g/mol. The number of imidazole rings is 1. The van der Waals surface area contributed by atoms with Crippen LogP contribution in [0.1, 0.15) is 30.2 Å². The standard InChI is InChI=1S/C29H30ClN3O2/c1-3-5-12-23(4-2)29(24-13-8-6-9-14-24,25-15-10-7-11-16-25)33-20-26(31-22-33)17-18-27(21-34)32-28(35)19-30/h3-16,20-22,27H,1,17-19H2,2H3,(H,32,35)/b12-5-,23-4+. The molecular weight excluding hydrogens is 458 g/mol. The summed E-state index contributed by atoms with van der Waals surface area (Å²) in [6.07, 6.45) is 13.4. The van der Waals surface area contributed by atoms with Gasteiger partial charge in [0, 0.05) is 6.20 Å². The molecular formula is C29H30ClN3O2. The number of hydrogen-bond acceptors (Lipinski definition) is 3. The van der Waals surface area contributed by atoms with Gasteiger partial charge >= 0.3 is 0 Å². The van der Waals surface area contributed by atoms with E-state index in [9.17, 15) is 9.59 Å². The number of hydrogen-bond donors (Lipinski definition) is 1. The Balaban J connectivity index is 2.11. The minimum atomic E-state index is -0.682. The van der Waals surface area contributed by atoms with E-state index in [0.29, 0.717) is 12.8 Å². The summed E-state index contributed by atoms with van der Waals surface area (Å²) in [6.45, 7) is 5.87. The third-order valence-corrected chi connectivity index (χ3v) is 6.13. The zero-order valence-electron chi connectivity index (χ0n) is 19.8. The van der Waals surface area contributed by atoms with Crippen LogP contribution < -0.4 is 5.32 Å². The fourth-order valence-corrected chi connectivity index (χ4v) is 4.38. The van der Waals surface area contributed by atoms with E-state index in [0.717, 1.165) is 28.7 Å². The Bertz CT molecular complexity index is 1140. The molecule has 0 aliphatic rings. The molecule has 0 saturated carbocycles. The molecule has 1 atom stereocenters. The van der Waals surface area contributed by atoms with Gasteiger partial charge in [-0.2, -0.15) is 0 Å². The van der Waals surface area contributed by atoms with Gasteiger partial charge in [-0.1, -0.05) is 91.5 Å². The highest BCUT2D eigenvalue weighted by Crippen LogP contribution is 2.41. The average molecular weight is 488 g/mol. The number of alkyl halides is 1. The van der Waals surface area contributed by atoms with E-state index in [4.69, 9.17) is 11.6 Å². The van der Waals surface area contributed by atoms with Gasteiger partial charge in [-0.25, -0.2) is 4.98 Å². The number of allylic oxidation sites excluding steroid dienone is 5. The Morgan fingerprint density at radius 2 is 1.77 bits per heavy atom. The summed E-state index contributed by atoms with van der Waals surface area (Å²) in [5.74, 6) is -0.548. The number of aryl methyl sites for hydroxylation is 1. The van der Waals surface area contributed by atoms with E-state index in [1.165, 1.54) is 0 Å². The molecule has 0 bridgehead atoms. The normalized spacial score (nSPS) is 12.9. The lowest BCUT2D eigenvalue weighted by Crippen LogP contribution is -2.37. The van der Waals surface area contributed by atoms with Crippen molar-refractivity contribution in [2.24, 2.45) is 0 Å². The summed E-state index contributed by atoms with van der Waals surface area (Å²) in [7, 11) is 0. The lowest BCUT2D eigenvalue weighted by atomic mass is 9.76. The SMILES string of the molecule is C=C/C=C\C(=C/C)C(c1ccccc1)(c1ccccc1)n1cnc(CCC(C=O)NC(=O)CCl)c1. The summed E-state index contributed by atoms with van der Waals surface area (Å²) in [6, 6.07) is 20.0. The second kappa shape index (κ2) is 12.7. The third kappa shape index (κ3) is 5.87. The number of amides is 1. The Morgan fingerprint density at radius 1 is 1.14 bits per heavy atom. The van der Waals surface area contributed by atoms with Gasteiger partial charge in [0.2, 0.25) is 5.91 Å². The molecule has 1 N–H and O–H groups in total. The van der Waals surface area contributed by atoms with Crippen LogP contribution in [0.4, 0.5) is 0 Å². The van der Waals surface area contributed by atoms with Crippen LogP contribution in [0.25, 0.3) is 0 Å². The molecule has 2 aromatic carbocycles. The Morgan fingerprint density at radius 3 is 2.29 bits per heavy atom. The first kappa shape index (κ1) is 25.9. The summed E-state index contributed by atoms with van der Waals surface area (Å²) >= 11 is 5.56. The number of aromatic nitrogens is 2. The van der Waals surface area contributed by atoms with Crippen LogP contribution in [0.3, 0.4) is 0 Å². The van der Waals surface area contributed by atoms with Gasteiger partial charge in [-0.3, -0.25) is 4.79 Å². The van der Waals surface area contributed by atoms with Crippen molar-refractivity contribution in [1.82, 2.24) is 14.9 Å². The van der Waals surface area contributed by atoms with Gasteiger partial charge in [-0.15, -0.1) is 11.6 Å². The lowest BCUT2D eigenvalue weighted by molar-refractivity contribution is -0.122. The fraction of sp³-hybridized carbons (Fsp3) is 0.207. The molecule has 180 valence electrons. The van der Waals surface area contributed by atoms with E-state index in [1.807, 2.05) is 61.9 Å². The molecule has 1 aromatic heterocycles. The number of nitrogens with one attached hydrogen (secondary N) is 1. The van der Waals surface area contributed by atoms with Crippen LogP contribution in [0, 0.1) is 0 Å². The summed E-state index contributed by atoms with van der Waals surface area (Å²) < 4.78 is 2.11. The minimum Gasteiger partial charge on any atom is -0.346 e. The number of carbonyl (C=O) groups is 2. The molecule has 5 nitrogen and oxygen atoms in total. The molecule has 0 saturated heterocycles. The van der Waals surface area contributed by atoms with Crippen LogP contribution in [-0.4, -0.2) is 33.7 Å². The largest absolute Gasteiger partial charge is 0.346 e. The first-order valence-corrected chi connectivity index (χ1v) is 12.0. The van der Waals surface area contributed by atoms with Crippen molar-refractivity contribution in [1.29, 1.82) is 0 Å². The van der Waals surface area contributed by atoms with Crippen molar-refractivity contribution >= 4 is 23.8 Å². The fourth-order valence-electron chi connectivity index (χ4n) is 4.30. The van der Waals surface area contributed by atoms with Crippen molar-refractivity contribution < 1.29 is 9.59 Å². The second-order valence-electron chi connectivity index (χ2n) is 8.04. The zero-order chi connectivity index (χ0) is 25.1. The van der Waals surface area contributed by atoms with Gasteiger partial charge in [0.25, 0.3) is 0 Å². The number of carbonyl (C=O) groups excluding carboxylic acids is 2. The van der Waals surface area contributed by atoms with Crippen molar-refractivity contribution in [3.05, 3.63) is 126 Å². The molecule has 0 spiro atoms. The number of nitrogens with zero attached hydrogens (tertiary/aromatic N) is 2. The predicted octanol–water partition coefficient (Wildman–Crippen LogP) is 5.22. The van der Waals surface area contributed by atoms with Crippen molar-refractivity contribution in [3.63, 3.8) is 0 Å². The second-order valence-corrected chi connectivity index (χ2v) is 8.30. The van der Waals surface area contributed by atoms with Crippen LogP contribution in [0.5, 0.6) is 0 Å². The van der Waals surface area contributed by atoms with Crippen molar-refractivity contribution in [3.8, 4) is 0 Å².